The molecule has 2 amide bonds. The van der Waals surface area contributed by atoms with Crippen molar-refractivity contribution in [3.63, 3.8) is 0 Å². The Morgan fingerprint density at radius 3 is 1.92 bits per heavy atom. The molecular weight excluding hydrogens is 327 g/mol. The Morgan fingerprint density at radius 2 is 1.36 bits per heavy atom. The van der Waals surface area contributed by atoms with Gasteiger partial charge in [0.15, 0.2) is 11.5 Å². The third-order valence-corrected chi connectivity index (χ3v) is 3.43. The third-order valence-electron chi connectivity index (χ3n) is 3.43. The fourth-order valence-electron chi connectivity index (χ4n) is 2.19. The largest absolute Gasteiger partial charge is 0.493 e. The second-order valence-electron chi connectivity index (χ2n) is 5.27. The second-order valence-corrected chi connectivity index (χ2v) is 5.27. The zero-order valence-electron chi connectivity index (χ0n) is 14.0. The standard InChI is InChI=1S/C18H19FN2O4/c1-24-15-8-5-13(9-16(15)25-2)11-18(23)21-20-17(22)10-12-3-6-14(19)7-4-12/h3-9H,10-11H2,1-2H3,(H,20,22)(H,21,23). The summed E-state index contributed by atoms with van der Waals surface area (Å²) in [6.07, 6.45) is 0.105. The Labute approximate surface area is 144 Å². The molecule has 132 valence electrons. The molecule has 0 aromatic heterocycles. The van der Waals surface area contributed by atoms with Crippen LogP contribution < -0.4 is 20.3 Å². The van der Waals surface area contributed by atoms with Gasteiger partial charge in [-0.2, -0.15) is 0 Å². The van der Waals surface area contributed by atoms with E-state index in [0.29, 0.717) is 22.6 Å². The van der Waals surface area contributed by atoms with E-state index in [9.17, 15) is 14.0 Å². The maximum atomic E-state index is 12.8. The average molecular weight is 346 g/mol. The Balaban J connectivity index is 1.84. The summed E-state index contributed by atoms with van der Waals surface area (Å²) in [6, 6.07) is 10.7. The fourth-order valence-corrected chi connectivity index (χ4v) is 2.19. The van der Waals surface area contributed by atoms with Gasteiger partial charge in [-0.05, 0) is 35.4 Å². The lowest BCUT2D eigenvalue weighted by Crippen LogP contribution is -2.43. The molecule has 0 aliphatic carbocycles. The van der Waals surface area contributed by atoms with Crippen LogP contribution in [0.3, 0.4) is 0 Å². The van der Waals surface area contributed by atoms with Crippen LogP contribution in [0.4, 0.5) is 4.39 Å². The minimum Gasteiger partial charge on any atom is -0.493 e. The number of nitrogens with one attached hydrogen (secondary N) is 2. The van der Waals surface area contributed by atoms with Gasteiger partial charge in [0.2, 0.25) is 11.8 Å². The zero-order valence-corrected chi connectivity index (χ0v) is 14.0. The smallest absolute Gasteiger partial charge is 0.242 e. The SMILES string of the molecule is COc1ccc(CC(=O)NNC(=O)Cc2ccc(F)cc2)cc1OC. The van der Waals surface area contributed by atoms with Gasteiger partial charge in [0.05, 0.1) is 27.1 Å². The van der Waals surface area contributed by atoms with Gasteiger partial charge in [-0.25, -0.2) is 4.39 Å². The molecule has 2 aromatic rings. The summed E-state index contributed by atoms with van der Waals surface area (Å²) in [7, 11) is 3.04. The Kier molecular flexibility index (Phi) is 6.33. The zero-order chi connectivity index (χ0) is 18.2. The van der Waals surface area contributed by atoms with Crippen LogP contribution in [0.25, 0.3) is 0 Å². The van der Waals surface area contributed by atoms with Crippen LogP contribution in [0, 0.1) is 5.82 Å². The summed E-state index contributed by atoms with van der Waals surface area (Å²) < 4.78 is 23.1. The summed E-state index contributed by atoms with van der Waals surface area (Å²) in [5, 5.41) is 0. The van der Waals surface area contributed by atoms with Crippen molar-refractivity contribution in [3.05, 3.63) is 59.4 Å². The number of methoxy groups -OCH3 is 2. The molecule has 0 spiro atoms. The maximum absolute atomic E-state index is 12.8. The molecular formula is C18H19FN2O4. The molecule has 0 aliphatic rings. The van der Waals surface area contributed by atoms with Crippen molar-refractivity contribution in [1.29, 1.82) is 0 Å². The summed E-state index contributed by atoms with van der Waals surface area (Å²) >= 11 is 0. The molecule has 0 aliphatic heterocycles. The van der Waals surface area contributed by atoms with Crippen LogP contribution in [0.1, 0.15) is 11.1 Å². The van der Waals surface area contributed by atoms with Crippen molar-refractivity contribution in [2.24, 2.45) is 0 Å². The first-order valence-electron chi connectivity index (χ1n) is 7.55. The first-order chi connectivity index (χ1) is 12.0. The van der Waals surface area contributed by atoms with E-state index in [0.717, 1.165) is 0 Å². The first kappa shape index (κ1) is 18.3. The number of halogens is 1. The molecule has 0 saturated heterocycles. The van der Waals surface area contributed by atoms with Gasteiger partial charge < -0.3 is 9.47 Å². The molecule has 7 heteroatoms. The number of hydrogen-bond acceptors (Lipinski definition) is 4. The second kappa shape index (κ2) is 8.68. The van der Waals surface area contributed by atoms with Gasteiger partial charge in [0, 0.05) is 0 Å². The van der Waals surface area contributed by atoms with Gasteiger partial charge in [-0.15, -0.1) is 0 Å². The van der Waals surface area contributed by atoms with E-state index in [2.05, 4.69) is 10.9 Å². The highest BCUT2D eigenvalue weighted by Crippen LogP contribution is 2.27. The Hall–Kier alpha value is -3.09. The average Bonchev–Trinajstić information content (AvgIpc) is 2.62. The minimum atomic E-state index is -0.396. The molecule has 0 saturated carbocycles. The summed E-state index contributed by atoms with van der Waals surface area (Å²) in [5.41, 5.74) is 6.03. The molecule has 2 N–H and O–H groups in total. The van der Waals surface area contributed by atoms with Crippen LogP contribution in [0.15, 0.2) is 42.5 Å². The highest BCUT2D eigenvalue weighted by atomic mass is 19.1. The van der Waals surface area contributed by atoms with Crippen LogP contribution in [-0.2, 0) is 22.4 Å². The summed E-state index contributed by atoms with van der Waals surface area (Å²) in [5.74, 6) is -0.0493. The molecule has 0 unspecified atom stereocenters. The predicted molar refractivity (Wildman–Crippen MR) is 89.6 cm³/mol. The molecule has 0 fully saturated rings. The Morgan fingerprint density at radius 1 is 0.840 bits per heavy atom. The van der Waals surface area contributed by atoms with Crippen molar-refractivity contribution in [3.8, 4) is 11.5 Å². The molecule has 0 atom stereocenters. The highest BCUT2D eigenvalue weighted by Gasteiger charge is 2.10. The number of hydrogen-bond donors (Lipinski definition) is 2. The summed E-state index contributed by atoms with van der Waals surface area (Å²) in [6.45, 7) is 0. The first-order valence-corrected chi connectivity index (χ1v) is 7.55. The molecule has 25 heavy (non-hydrogen) atoms. The van der Waals surface area contributed by atoms with E-state index in [4.69, 9.17) is 9.47 Å². The van der Waals surface area contributed by atoms with E-state index in [1.54, 1.807) is 18.2 Å². The number of carbonyl (C=O) groups excluding carboxylic acids is 2. The number of hydrazine groups is 1. The van der Waals surface area contributed by atoms with E-state index in [1.165, 1.54) is 38.5 Å². The molecule has 0 radical (unpaired) electrons. The topological polar surface area (TPSA) is 76.7 Å². The van der Waals surface area contributed by atoms with Gasteiger partial charge >= 0.3 is 0 Å². The van der Waals surface area contributed by atoms with Crippen LogP contribution in [0.2, 0.25) is 0 Å². The van der Waals surface area contributed by atoms with Gasteiger partial charge in [-0.1, -0.05) is 18.2 Å². The number of benzene rings is 2. The van der Waals surface area contributed by atoms with E-state index < -0.39 is 5.91 Å². The molecule has 0 bridgehead atoms. The lowest BCUT2D eigenvalue weighted by molar-refractivity contribution is -0.128. The van der Waals surface area contributed by atoms with Crippen molar-refractivity contribution < 1.29 is 23.5 Å². The highest BCUT2D eigenvalue weighted by molar-refractivity contribution is 5.84. The minimum absolute atomic E-state index is 0.0386. The molecule has 2 aromatic carbocycles. The molecule has 2 rings (SSSR count). The number of ether oxygens (including phenoxy) is 2. The monoisotopic (exact) mass is 346 g/mol. The lowest BCUT2D eigenvalue weighted by Gasteiger charge is -2.10. The van der Waals surface area contributed by atoms with E-state index in [1.807, 2.05) is 0 Å². The van der Waals surface area contributed by atoms with Crippen molar-refractivity contribution in [2.45, 2.75) is 12.8 Å². The van der Waals surface area contributed by atoms with E-state index >= 15 is 0 Å². The van der Waals surface area contributed by atoms with Crippen molar-refractivity contribution in [1.82, 2.24) is 10.9 Å². The maximum Gasteiger partial charge on any atom is 0.242 e. The number of carbonyl (C=O) groups is 2. The normalized spacial score (nSPS) is 10.0. The predicted octanol–water partition coefficient (Wildman–Crippen LogP) is 1.78. The van der Waals surface area contributed by atoms with Gasteiger partial charge in [0.25, 0.3) is 0 Å². The van der Waals surface area contributed by atoms with E-state index in [-0.39, 0.29) is 24.6 Å². The van der Waals surface area contributed by atoms with Crippen LogP contribution >= 0.6 is 0 Å². The summed E-state index contributed by atoms with van der Waals surface area (Å²) in [4.78, 5) is 23.7. The number of amides is 2. The van der Waals surface area contributed by atoms with Gasteiger partial charge in [0.1, 0.15) is 5.82 Å². The quantitative estimate of drug-likeness (QED) is 0.782. The Bertz CT molecular complexity index is 747. The van der Waals surface area contributed by atoms with Gasteiger partial charge in [-0.3, -0.25) is 20.4 Å². The number of rotatable bonds is 6. The van der Waals surface area contributed by atoms with Crippen LogP contribution in [0.5, 0.6) is 11.5 Å². The van der Waals surface area contributed by atoms with Crippen molar-refractivity contribution >= 4 is 11.8 Å². The fraction of sp³-hybridized carbons (Fsp3) is 0.222. The molecule has 6 nitrogen and oxygen atoms in total. The third kappa shape index (κ3) is 5.49. The molecule has 0 heterocycles. The lowest BCUT2D eigenvalue weighted by atomic mass is 10.1. The van der Waals surface area contributed by atoms with Crippen molar-refractivity contribution in [2.75, 3.05) is 14.2 Å². The van der Waals surface area contributed by atoms with Crippen LogP contribution in [-0.4, -0.2) is 26.0 Å².